The van der Waals surface area contributed by atoms with Crippen LogP contribution in [0.5, 0.6) is 17.2 Å². The fraction of sp³-hybridized carbons (Fsp3) is 0.188. The number of benzene rings is 2. The van der Waals surface area contributed by atoms with E-state index in [1.165, 1.54) is 25.3 Å². The molecule has 0 saturated heterocycles. The van der Waals surface area contributed by atoms with Gasteiger partial charge >= 0.3 is 5.97 Å². The van der Waals surface area contributed by atoms with Crippen molar-refractivity contribution in [3.8, 4) is 17.2 Å². The molecule has 0 fully saturated rings. The lowest BCUT2D eigenvalue weighted by Crippen LogP contribution is -2.12. The number of carbonyl (C=O) groups is 1. The van der Waals surface area contributed by atoms with E-state index in [1.54, 1.807) is 19.1 Å². The van der Waals surface area contributed by atoms with Crippen molar-refractivity contribution in [1.29, 1.82) is 0 Å². The van der Waals surface area contributed by atoms with Crippen LogP contribution in [0, 0.1) is 10.1 Å². The summed E-state index contributed by atoms with van der Waals surface area (Å²) < 4.78 is 15.6. The molecule has 7 nitrogen and oxygen atoms in total. The molecule has 24 heavy (non-hydrogen) atoms. The SMILES string of the molecule is CCOc1cc([N+](=O)[O-])c(C(=O)Oc2ccccc2Cl)cc1OC. The minimum Gasteiger partial charge on any atom is -0.493 e. The zero-order valence-corrected chi connectivity index (χ0v) is 13.7. The van der Waals surface area contributed by atoms with Crippen LogP contribution in [-0.4, -0.2) is 24.6 Å². The number of para-hydroxylation sites is 1. The maximum Gasteiger partial charge on any atom is 0.350 e. The lowest BCUT2D eigenvalue weighted by molar-refractivity contribution is -0.385. The Balaban J connectivity index is 2.45. The molecule has 2 aromatic rings. The largest absolute Gasteiger partial charge is 0.493 e. The van der Waals surface area contributed by atoms with Crippen LogP contribution in [0.3, 0.4) is 0 Å². The van der Waals surface area contributed by atoms with Crippen molar-refractivity contribution in [3.05, 3.63) is 57.1 Å². The minimum absolute atomic E-state index is 0.103. The van der Waals surface area contributed by atoms with Crippen molar-refractivity contribution in [2.75, 3.05) is 13.7 Å². The summed E-state index contributed by atoms with van der Waals surface area (Å²) in [6, 6.07) is 8.66. The Morgan fingerprint density at radius 1 is 1.21 bits per heavy atom. The molecule has 0 aliphatic rings. The van der Waals surface area contributed by atoms with Crippen molar-refractivity contribution in [2.45, 2.75) is 6.92 Å². The van der Waals surface area contributed by atoms with Crippen LogP contribution in [0.15, 0.2) is 36.4 Å². The lowest BCUT2D eigenvalue weighted by Gasteiger charge is -2.12. The van der Waals surface area contributed by atoms with Gasteiger partial charge in [0, 0.05) is 6.07 Å². The van der Waals surface area contributed by atoms with Gasteiger partial charge in [0.15, 0.2) is 11.5 Å². The first kappa shape index (κ1) is 17.6. The van der Waals surface area contributed by atoms with E-state index in [0.29, 0.717) is 0 Å². The molecular formula is C16H14ClNO6. The number of ether oxygens (including phenoxy) is 3. The zero-order chi connectivity index (χ0) is 17.7. The Kier molecular flexibility index (Phi) is 5.59. The predicted molar refractivity (Wildman–Crippen MR) is 87.2 cm³/mol. The van der Waals surface area contributed by atoms with Crippen molar-refractivity contribution in [3.63, 3.8) is 0 Å². The molecule has 0 unspecified atom stereocenters. The van der Waals surface area contributed by atoms with Crippen LogP contribution in [-0.2, 0) is 0 Å². The fourth-order valence-electron chi connectivity index (χ4n) is 1.97. The van der Waals surface area contributed by atoms with E-state index in [0.717, 1.165) is 6.07 Å². The molecule has 0 aliphatic heterocycles. The molecule has 126 valence electrons. The highest BCUT2D eigenvalue weighted by atomic mass is 35.5. The quantitative estimate of drug-likeness (QED) is 0.339. The molecule has 0 radical (unpaired) electrons. The van der Waals surface area contributed by atoms with Gasteiger partial charge in [-0.05, 0) is 19.1 Å². The lowest BCUT2D eigenvalue weighted by atomic mass is 10.1. The second-order valence-corrected chi connectivity index (χ2v) is 4.94. The number of methoxy groups -OCH3 is 1. The number of nitro benzene ring substituents is 1. The first-order chi connectivity index (χ1) is 11.5. The number of carbonyl (C=O) groups excluding carboxylic acids is 1. The number of halogens is 1. The average molecular weight is 352 g/mol. The van der Waals surface area contributed by atoms with Gasteiger partial charge in [-0.25, -0.2) is 4.79 Å². The molecule has 0 saturated carbocycles. The van der Waals surface area contributed by atoms with Gasteiger partial charge in [0.2, 0.25) is 0 Å². The maximum atomic E-state index is 12.3. The number of rotatable bonds is 6. The highest BCUT2D eigenvalue weighted by molar-refractivity contribution is 6.32. The van der Waals surface area contributed by atoms with Crippen LogP contribution in [0.4, 0.5) is 5.69 Å². The third-order valence-electron chi connectivity index (χ3n) is 3.04. The van der Waals surface area contributed by atoms with Crippen LogP contribution in [0.2, 0.25) is 5.02 Å². The van der Waals surface area contributed by atoms with Crippen LogP contribution >= 0.6 is 11.6 Å². The summed E-state index contributed by atoms with van der Waals surface area (Å²) in [5.41, 5.74) is -0.712. The zero-order valence-electron chi connectivity index (χ0n) is 12.9. The van der Waals surface area contributed by atoms with Crippen LogP contribution in [0.1, 0.15) is 17.3 Å². The van der Waals surface area contributed by atoms with E-state index < -0.39 is 16.6 Å². The smallest absolute Gasteiger partial charge is 0.350 e. The van der Waals surface area contributed by atoms with E-state index in [9.17, 15) is 14.9 Å². The van der Waals surface area contributed by atoms with Crippen LogP contribution < -0.4 is 14.2 Å². The van der Waals surface area contributed by atoms with Gasteiger partial charge in [-0.1, -0.05) is 23.7 Å². The first-order valence-corrected chi connectivity index (χ1v) is 7.31. The summed E-state index contributed by atoms with van der Waals surface area (Å²) in [4.78, 5) is 22.9. The normalized spacial score (nSPS) is 10.1. The second-order valence-electron chi connectivity index (χ2n) is 4.53. The van der Waals surface area contributed by atoms with Gasteiger partial charge in [0.1, 0.15) is 11.3 Å². The van der Waals surface area contributed by atoms with Gasteiger partial charge in [-0.15, -0.1) is 0 Å². The van der Waals surface area contributed by atoms with Gasteiger partial charge in [-0.2, -0.15) is 0 Å². The third-order valence-corrected chi connectivity index (χ3v) is 3.35. The van der Waals surface area contributed by atoms with E-state index in [-0.39, 0.29) is 34.4 Å². The summed E-state index contributed by atoms with van der Waals surface area (Å²) in [5.74, 6) is -0.461. The molecule has 2 rings (SSSR count). The average Bonchev–Trinajstić information content (AvgIpc) is 2.56. The molecule has 0 spiro atoms. The highest BCUT2D eigenvalue weighted by Crippen LogP contribution is 2.35. The molecule has 0 bridgehead atoms. The summed E-state index contributed by atoms with van der Waals surface area (Å²) in [6.07, 6.45) is 0. The summed E-state index contributed by atoms with van der Waals surface area (Å²) in [6.45, 7) is 2.02. The molecule has 0 aromatic heterocycles. The molecule has 0 amide bonds. The van der Waals surface area contributed by atoms with E-state index in [1.807, 2.05) is 0 Å². The standard InChI is InChI=1S/C16H14ClNO6/c1-3-23-15-9-12(18(20)21)10(8-14(15)22-2)16(19)24-13-7-5-4-6-11(13)17/h4-9H,3H2,1-2H3. The van der Waals surface area contributed by atoms with Crippen LogP contribution in [0.25, 0.3) is 0 Å². The summed E-state index contributed by atoms with van der Waals surface area (Å²) in [7, 11) is 1.37. The van der Waals surface area contributed by atoms with Gasteiger partial charge in [0.05, 0.1) is 29.7 Å². The number of hydrogen-bond acceptors (Lipinski definition) is 6. The molecule has 8 heteroatoms. The second kappa shape index (κ2) is 7.65. The van der Waals surface area contributed by atoms with Crippen molar-refractivity contribution >= 4 is 23.3 Å². The number of nitrogens with zero attached hydrogens (tertiary/aromatic N) is 1. The fourth-order valence-corrected chi connectivity index (χ4v) is 2.15. The van der Waals surface area contributed by atoms with Gasteiger partial charge in [0.25, 0.3) is 5.69 Å². The van der Waals surface area contributed by atoms with Crippen molar-refractivity contribution in [1.82, 2.24) is 0 Å². The molecule has 0 N–H and O–H groups in total. The summed E-state index contributed by atoms with van der Waals surface area (Å²) >= 11 is 5.93. The number of esters is 1. The minimum atomic E-state index is -0.920. The Morgan fingerprint density at radius 2 is 1.92 bits per heavy atom. The Hall–Kier alpha value is -2.80. The Bertz CT molecular complexity index is 777. The maximum absolute atomic E-state index is 12.3. The third kappa shape index (κ3) is 3.75. The number of nitro groups is 1. The van der Waals surface area contributed by atoms with Gasteiger partial charge < -0.3 is 14.2 Å². The van der Waals surface area contributed by atoms with E-state index in [2.05, 4.69) is 0 Å². The Morgan fingerprint density at radius 3 is 2.50 bits per heavy atom. The highest BCUT2D eigenvalue weighted by Gasteiger charge is 2.26. The molecule has 0 atom stereocenters. The van der Waals surface area contributed by atoms with Crippen molar-refractivity contribution in [2.24, 2.45) is 0 Å². The van der Waals surface area contributed by atoms with E-state index in [4.69, 9.17) is 25.8 Å². The first-order valence-electron chi connectivity index (χ1n) is 6.93. The molecular weight excluding hydrogens is 338 g/mol. The topological polar surface area (TPSA) is 87.9 Å². The van der Waals surface area contributed by atoms with E-state index >= 15 is 0 Å². The van der Waals surface area contributed by atoms with Crippen molar-refractivity contribution < 1.29 is 23.9 Å². The molecule has 0 aliphatic carbocycles. The monoisotopic (exact) mass is 351 g/mol. The number of hydrogen-bond donors (Lipinski definition) is 0. The molecule has 0 heterocycles. The van der Waals surface area contributed by atoms with Gasteiger partial charge in [-0.3, -0.25) is 10.1 Å². The predicted octanol–water partition coefficient (Wildman–Crippen LogP) is 3.87. The summed E-state index contributed by atoms with van der Waals surface area (Å²) in [5, 5.41) is 11.5. The molecule has 2 aromatic carbocycles. The Labute approximate surface area is 142 Å².